The molecular weight excluding hydrogens is 329 g/mol. The average Bonchev–Trinajstić information content (AvgIpc) is 2.45. The molecule has 0 fully saturated rings. The lowest BCUT2D eigenvalue weighted by molar-refractivity contribution is 0.416. The summed E-state index contributed by atoms with van der Waals surface area (Å²) in [7, 11) is 1.63. The van der Waals surface area contributed by atoms with Gasteiger partial charge in [0, 0.05) is 15.1 Å². The van der Waals surface area contributed by atoms with Crippen molar-refractivity contribution in [3.8, 4) is 5.75 Å². The lowest BCUT2D eigenvalue weighted by Gasteiger charge is -2.21. The molecule has 0 radical (unpaired) electrons. The predicted octanol–water partition coefficient (Wildman–Crippen LogP) is 6.22. The number of anilines is 1. The molecule has 0 amide bonds. The van der Waals surface area contributed by atoms with Crippen LogP contribution >= 0.6 is 34.8 Å². The van der Waals surface area contributed by atoms with E-state index in [4.69, 9.17) is 39.5 Å². The minimum absolute atomic E-state index is 0.0436. The molecule has 0 heterocycles. The number of benzene rings is 2. The molecule has 1 N–H and O–H groups in total. The fraction of sp³-hybridized carbons (Fsp3) is 0.250. The van der Waals surface area contributed by atoms with Crippen LogP contribution in [-0.2, 0) is 0 Å². The summed E-state index contributed by atoms with van der Waals surface area (Å²) in [6.07, 6.45) is 0.858. The molecule has 0 spiro atoms. The Morgan fingerprint density at radius 3 is 2.33 bits per heavy atom. The van der Waals surface area contributed by atoms with Crippen LogP contribution in [0.1, 0.15) is 24.9 Å². The highest BCUT2D eigenvalue weighted by atomic mass is 35.5. The maximum absolute atomic E-state index is 6.29. The topological polar surface area (TPSA) is 21.3 Å². The molecule has 0 aliphatic heterocycles. The largest absolute Gasteiger partial charge is 0.495 e. The van der Waals surface area contributed by atoms with Gasteiger partial charge in [-0.1, -0.05) is 47.8 Å². The Morgan fingerprint density at radius 2 is 1.71 bits per heavy atom. The quantitative estimate of drug-likeness (QED) is 0.695. The SMILES string of the molecule is CCC(Nc1cc(Cl)ccc1OC)c1ccc(Cl)cc1Cl. The van der Waals surface area contributed by atoms with Gasteiger partial charge in [-0.3, -0.25) is 0 Å². The molecule has 0 aliphatic rings. The van der Waals surface area contributed by atoms with Crippen LogP contribution < -0.4 is 10.1 Å². The van der Waals surface area contributed by atoms with Gasteiger partial charge in [-0.05, 0) is 42.3 Å². The summed E-state index contributed by atoms with van der Waals surface area (Å²) in [5, 5.41) is 5.34. The van der Waals surface area contributed by atoms with E-state index in [0.29, 0.717) is 15.1 Å². The third kappa shape index (κ3) is 3.97. The fourth-order valence-corrected chi connectivity index (χ4v) is 2.88. The molecule has 1 unspecified atom stereocenters. The van der Waals surface area contributed by atoms with Crippen LogP contribution in [0.4, 0.5) is 5.69 Å². The number of halogens is 3. The highest BCUT2D eigenvalue weighted by Crippen LogP contribution is 2.34. The van der Waals surface area contributed by atoms with Gasteiger partial charge in [-0.15, -0.1) is 0 Å². The van der Waals surface area contributed by atoms with Crippen LogP contribution in [-0.4, -0.2) is 7.11 Å². The van der Waals surface area contributed by atoms with Gasteiger partial charge in [-0.2, -0.15) is 0 Å². The lowest BCUT2D eigenvalue weighted by Crippen LogP contribution is -2.11. The van der Waals surface area contributed by atoms with Crippen molar-refractivity contribution in [1.29, 1.82) is 0 Å². The van der Waals surface area contributed by atoms with Crippen LogP contribution in [0.5, 0.6) is 5.75 Å². The minimum Gasteiger partial charge on any atom is -0.495 e. The highest BCUT2D eigenvalue weighted by Gasteiger charge is 2.15. The van der Waals surface area contributed by atoms with E-state index in [-0.39, 0.29) is 6.04 Å². The number of hydrogen-bond donors (Lipinski definition) is 1. The van der Waals surface area contributed by atoms with Gasteiger partial charge in [0.1, 0.15) is 5.75 Å². The number of nitrogens with one attached hydrogen (secondary N) is 1. The maximum atomic E-state index is 6.29. The van der Waals surface area contributed by atoms with Gasteiger partial charge in [0.05, 0.1) is 18.8 Å². The van der Waals surface area contributed by atoms with Crippen LogP contribution in [0.15, 0.2) is 36.4 Å². The first-order valence-electron chi connectivity index (χ1n) is 6.60. The Bertz CT molecular complexity index is 631. The molecule has 2 rings (SSSR count). The third-order valence-corrected chi connectivity index (χ3v) is 4.03. The summed E-state index contributed by atoms with van der Waals surface area (Å²) >= 11 is 18.3. The monoisotopic (exact) mass is 343 g/mol. The normalized spacial score (nSPS) is 12.0. The third-order valence-electron chi connectivity index (χ3n) is 3.24. The molecule has 2 aromatic carbocycles. The van der Waals surface area contributed by atoms with Gasteiger partial charge in [-0.25, -0.2) is 0 Å². The molecule has 0 bridgehead atoms. The van der Waals surface area contributed by atoms with Crippen molar-refractivity contribution in [1.82, 2.24) is 0 Å². The summed E-state index contributed by atoms with van der Waals surface area (Å²) in [6, 6.07) is 11.0. The summed E-state index contributed by atoms with van der Waals surface area (Å²) < 4.78 is 5.36. The molecule has 2 aromatic rings. The summed E-state index contributed by atoms with van der Waals surface area (Å²) in [5.74, 6) is 0.739. The number of methoxy groups -OCH3 is 1. The van der Waals surface area contributed by atoms with Crippen molar-refractivity contribution < 1.29 is 4.74 Å². The second kappa shape index (κ2) is 7.26. The van der Waals surface area contributed by atoms with Crippen molar-refractivity contribution in [2.24, 2.45) is 0 Å². The summed E-state index contributed by atoms with van der Waals surface area (Å²) in [6.45, 7) is 2.08. The smallest absolute Gasteiger partial charge is 0.142 e. The van der Waals surface area contributed by atoms with Gasteiger partial charge in [0.2, 0.25) is 0 Å². The molecule has 21 heavy (non-hydrogen) atoms. The van der Waals surface area contributed by atoms with E-state index in [9.17, 15) is 0 Å². The molecule has 112 valence electrons. The lowest BCUT2D eigenvalue weighted by atomic mass is 10.0. The van der Waals surface area contributed by atoms with Gasteiger partial charge < -0.3 is 10.1 Å². The first-order chi connectivity index (χ1) is 10.0. The Balaban J connectivity index is 2.33. The molecule has 2 nitrogen and oxygen atoms in total. The maximum Gasteiger partial charge on any atom is 0.142 e. The number of rotatable bonds is 5. The molecule has 5 heteroatoms. The van der Waals surface area contributed by atoms with Crippen molar-refractivity contribution in [2.75, 3.05) is 12.4 Å². The van der Waals surface area contributed by atoms with Crippen molar-refractivity contribution >= 4 is 40.5 Å². The second-order valence-corrected chi connectivity index (χ2v) is 5.90. The first kappa shape index (κ1) is 16.3. The van der Waals surface area contributed by atoms with E-state index in [1.807, 2.05) is 24.3 Å². The first-order valence-corrected chi connectivity index (χ1v) is 7.73. The van der Waals surface area contributed by atoms with Gasteiger partial charge in [0.15, 0.2) is 0 Å². The molecular formula is C16H16Cl3NO. The highest BCUT2D eigenvalue weighted by molar-refractivity contribution is 6.35. The second-order valence-electron chi connectivity index (χ2n) is 4.62. The average molecular weight is 345 g/mol. The molecule has 1 atom stereocenters. The number of hydrogen-bond acceptors (Lipinski definition) is 2. The Hall–Kier alpha value is -1.09. The molecule has 0 saturated carbocycles. The zero-order chi connectivity index (χ0) is 15.4. The minimum atomic E-state index is 0.0436. The van der Waals surface area contributed by atoms with Crippen molar-refractivity contribution in [3.05, 3.63) is 57.0 Å². The zero-order valence-corrected chi connectivity index (χ0v) is 14.1. The van der Waals surface area contributed by atoms with Gasteiger partial charge >= 0.3 is 0 Å². The Labute approximate surface area is 140 Å². The van der Waals surface area contributed by atoms with Crippen LogP contribution in [0, 0.1) is 0 Å². The van der Waals surface area contributed by atoms with Crippen LogP contribution in [0.2, 0.25) is 15.1 Å². The van der Waals surface area contributed by atoms with Gasteiger partial charge in [0.25, 0.3) is 0 Å². The van der Waals surface area contributed by atoms with E-state index in [0.717, 1.165) is 23.4 Å². The Kier molecular flexibility index (Phi) is 5.63. The fourth-order valence-electron chi connectivity index (χ4n) is 2.16. The standard InChI is InChI=1S/C16H16Cl3NO/c1-3-14(12-6-4-10(17)8-13(12)19)20-15-9-11(18)5-7-16(15)21-2/h4-9,14,20H,3H2,1-2H3. The van der Waals surface area contributed by atoms with Crippen molar-refractivity contribution in [2.45, 2.75) is 19.4 Å². The molecule has 0 aromatic heterocycles. The summed E-state index contributed by atoms with van der Waals surface area (Å²) in [5.41, 5.74) is 1.83. The molecule has 0 aliphatic carbocycles. The summed E-state index contributed by atoms with van der Waals surface area (Å²) in [4.78, 5) is 0. The predicted molar refractivity (Wildman–Crippen MR) is 91.1 cm³/mol. The van der Waals surface area contributed by atoms with E-state index < -0.39 is 0 Å². The number of ether oxygens (including phenoxy) is 1. The van der Waals surface area contributed by atoms with E-state index in [2.05, 4.69) is 12.2 Å². The Morgan fingerprint density at radius 1 is 1.05 bits per heavy atom. The van der Waals surface area contributed by atoms with Crippen LogP contribution in [0.3, 0.4) is 0 Å². The van der Waals surface area contributed by atoms with E-state index in [1.165, 1.54) is 0 Å². The van der Waals surface area contributed by atoms with E-state index in [1.54, 1.807) is 19.2 Å². The molecule has 0 saturated heterocycles. The zero-order valence-electron chi connectivity index (χ0n) is 11.8. The van der Waals surface area contributed by atoms with Crippen molar-refractivity contribution in [3.63, 3.8) is 0 Å². The van der Waals surface area contributed by atoms with Crippen LogP contribution in [0.25, 0.3) is 0 Å². The van der Waals surface area contributed by atoms with E-state index >= 15 is 0 Å².